The molecule has 0 aromatic heterocycles. The number of nitrogens with zero attached hydrogens (tertiary/aromatic N) is 2. The number of halogens is 1. The Hall–Kier alpha value is -2.40. The van der Waals surface area contributed by atoms with Gasteiger partial charge in [0.15, 0.2) is 0 Å². The van der Waals surface area contributed by atoms with Crippen LogP contribution in [0, 0.1) is 19.7 Å². The number of rotatable bonds is 4. The van der Waals surface area contributed by atoms with E-state index >= 15 is 0 Å². The summed E-state index contributed by atoms with van der Waals surface area (Å²) < 4.78 is 14.0. The lowest BCUT2D eigenvalue weighted by Crippen LogP contribution is -2.53. The molecule has 0 unspecified atom stereocenters. The molecule has 1 atom stereocenters. The molecule has 1 heterocycles. The molecule has 138 valence electrons. The second-order valence-corrected chi connectivity index (χ2v) is 6.91. The second kappa shape index (κ2) is 7.87. The third kappa shape index (κ3) is 3.88. The Morgan fingerprint density at radius 2 is 1.62 bits per heavy atom. The van der Waals surface area contributed by atoms with Crippen LogP contribution in [-0.4, -0.2) is 43.0 Å². The molecule has 3 rings (SSSR count). The first kappa shape index (κ1) is 18.4. The molecule has 0 aliphatic carbocycles. The first-order valence-corrected chi connectivity index (χ1v) is 9.08. The molecule has 0 bridgehead atoms. The number of carbonyl (C=O) groups excluding carboxylic acids is 1. The van der Waals surface area contributed by atoms with E-state index in [4.69, 9.17) is 0 Å². The van der Waals surface area contributed by atoms with Crippen molar-refractivity contribution in [3.05, 3.63) is 59.4 Å². The molecule has 5 heteroatoms. The summed E-state index contributed by atoms with van der Waals surface area (Å²) in [5.74, 6) is -0.191. The van der Waals surface area contributed by atoms with Gasteiger partial charge in [0.05, 0.1) is 11.7 Å². The zero-order valence-electron chi connectivity index (χ0n) is 15.6. The van der Waals surface area contributed by atoms with Gasteiger partial charge in [-0.25, -0.2) is 4.39 Å². The smallest absolute Gasteiger partial charge is 0.241 e. The lowest BCUT2D eigenvalue weighted by Gasteiger charge is -2.38. The lowest BCUT2D eigenvalue weighted by molar-refractivity contribution is -0.120. The van der Waals surface area contributed by atoms with E-state index in [9.17, 15) is 9.18 Å². The molecule has 26 heavy (non-hydrogen) atoms. The average molecular weight is 355 g/mol. The topological polar surface area (TPSA) is 35.6 Å². The summed E-state index contributed by atoms with van der Waals surface area (Å²) in [5.41, 5.74) is 3.67. The fraction of sp³-hybridized carbons (Fsp3) is 0.381. The molecular weight excluding hydrogens is 329 g/mol. The maximum Gasteiger partial charge on any atom is 0.241 e. The summed E-state index contributed by atoms with van der Waals surface area (Å²) in [6.45, 7) is 8.82. The molecular formula is C21H26FN3O. The van der Waals surface area contributed by atoms with E-state index in [-0.39, 0.29) is 17.8 Å². The van der Waals surface area contributed by atoms with E-state index in [2.05, 4.69) is 10.2 Å². The number of nitrogens with one attached hydrogen (secondary N) is 1. The third-order valence-corrected chi connectivity index (χ3v) is 5.16. The summed E-state index contributed by atoms with van der Waals surface area (Å²) in [7, 11) is 0. The van der Waals surface area contributed by atoms with Crippen LogP contribution in [0.5, 0.6) is 0 Å². The molecule has 4 nitrogen and oxygen atoms in total. The molecule has 0 saturated carbocycles. The minimum Gasteiger partial charge on any atom is -0.367 e. The molecule has 0 spiro atoms. The summed E-state index contributed by atoms with van der Waals surface area (Å²) >= 11 is 0. The molecule has 1 saturated heterocycles. The van der Waals surface area contributed by atoms with Crippen molar-refractivity contribution in [3.8, 4) is 0 Å². The van der Waals surface area contributed by atoms with Crippen LogP contribution in [0.3, 0.4) is 0 Å². The average Bonchev–Trinajstić information content (AvgIpc) is 2.65. The zero-order chi connectivity index (χ0) is 18.7. The number of amides is 1. The maximum absolute atomic E-state index is 14.0. The van der Waals surface area contributed by atoms with Gasteiger partial charge in [-0.3, -0.25) is 9.69 Å². The molecule has 1 fully saturated rings. The number of carbonyl (C=O) groups is 1. The maximum atomic E-state index is 14.0. The van der Waals surface area contributed by atoms with Crippen molar-refractivity contribution < 1.29 is 9.18 Å². The Balaban J connectivity index is 1.60. The number of hydrogen-bond donors (Lipinski definition) is 1. The van der Waals surface area contributed by atoms with E-state index in [0.717, 1.165) is 29.9 Å². The van der Waals surface area contributed by atoms with E-state index < -0.39 is 0 Å². The Kier molecular flexibility index (Phi) is 5.57. The first-order valence-electron chi connectivity index (χ1n) is 9.08. The van der Waals surface area contributed by atoms with Crippen LogP contribution in [-0.2, 0) is 4.79 Å². The van der Waals surface area contributed by atoms with E-state index in [1.165, 1.54) is 6.07 Å². The quantitative estimate of drug-likeness (QED) is 0.910. The summed E-state index contributed by atoms with van der Waals surface area (Å²) in [4.78, 5) is 16.9. The predicted molar refractivity (Wildman–Crippen MR) is 104 cm³/mol. The van der Waals surface area contributed by atoms with Crippen molar-refractivity contribution in [2.24, 2.45) is 0 Å². The van der Waals surface area contributed by atoms with E-state index in [1.54, 1.807) is 6.07 Å². The number of benzene rings is 2. The molecule has 0 radical (unpaired) electrons. The van der Waals surface area contributed by atoms with Crippen LogP contribution in [0.1, 0.15) is 18.1 Å². The van der Waals surface area contributed by atoms with Gasteiger partial charge in [0.25, 0.3) is 0 Å². The third-order valence-electron chi connectivity index (χ3n) is 5.16. The van der Waals surface area contributed by atoms with Crippen LogP contribution >= 0.6 is 0 Å². The Morgan fingerprint density at radius 1 is 1.00 bits per heavy atom. The van der Waals surface area contributed by atoms with Gasteiger partial charge < -0.3 is 10.2 Å². The van der Waals surface area contributed by atoms with Crippen molar-refractivity contribution in [2.45, 2.75) is 26.8 Å². The highest BCUT2D eigenvalue weighted by Crippen LogP contribution is 2.22. The van der Waals surface area contributed by atoms with Gasteiger partial charge in [0, 0.05) is 31.9 Å². The fourth-order valence-corrected chi connectivity index (χ4v) is 3.46. The minimum absolute atomic E-state index is 0.00161. The lowest BCUT2D eigenvalue weighted by atomic mass is 10.1. The van der Waals surface area contributed by atoms with Crippen molar-refractivity contribution >= 4 is 17.3 Å². The zero-order valence-corrected chi connectivity index (χ0v) is 15.6. The van der Waals surface area contributed by atoms with Crippen molar-refractivity contribution in [1.82, 2.24) is 4.90 Å². The van der Waals surface area contributed by atoms with Crippen molar-refractivity contribution in [3.63, 3.8) is 0 Å². The van der Waals surface area contributed by atoms with Gasteiger partial charge in [0.1, 0.15) is 5.82 Å². The summed E-state index contributed by atoms with van der Waals surface area (Å²) in [5, 5.41) is 3.07. The van der Waals surface area contributed by atoms with Crippen LogP contribution in [0.4, 0.5) is 15.8 Å². The van der Waals surface area contributed by atoms with Crippen LogP contribution in [0.2, 0.25) is 0 Å². The second-order valence-electron chi connectivity index (χ2n) is 6.91. The Morgan fingerprint density at radius 3 is 2.23 bits per heavy atom. The first-order chi connectivity index (χ1) is 12.5. The highest BCUT2D eigenvalue weighted by atomic mass is 19.1. The van der Waals surface area contributed by atoms with E-state index in [0.29, 0.717) is 18.8 Å². The van der Waals surface area contributed by atoms with E-state index in [1.807, 2.05) is 56.0 Å². The monoisotopic (exact) mass is 355 g/mol. The standard InChI is InChI=1S/C21H26FN3O/c1-15-7-6-8-16(2)20(15)23-21(26)17(3)24-11-13-25(14-12-24)19-10-5-4-9-18(19)22/h4-10,17H,11-14H2,1-3H3,(H,23,26)/t17-/m0/s1. The Labute approximate surface area is 154 Å². The highest BCUT2D eigenvalue weighted by molar-refractivity contribution is 5.95. The molecule has 1 N–H and O–H groups in total. The predicted octanol–water partition coefficient (Wildman–Crippen LogP) is 3.59. The largest absolute Gasteiger partial charge is 0.367 e. The fourth-order valence-electron chi connectivity index (χ4n) is 3.46. The molecule has 1 aliphatic rings. The van der Waals surface area contributed by atoms with Gasteiger partial charge in [-0.1, -0.05) is 30.3 Å². The molecule has 1 amide bonds. The van der Waals surface area contributed by atoms with Gasteiger partial charge in [-0.15, -0.1) is 0 Å². The van der Waals surface area contributed by atoms with Crippen molar-refractivity contribution in [1.29, 1.82) is 0 Å². The van der Waals surface area contributed by atoms with Crippen LogP contribution in [0.15, 0.2) is 42.5 Å². The highest BCUT2D eigenvalue weighted by Gasteiger charge is 2.26. The SMILES string of the molecule is Cc1cccc(C)c1NC(=O)[C@H](C)N1CCN(c2ccccc2F)CC1. The Bertz CT molecular complexity index is 764. The number of piperazine rings is 1. The van der Waals surface area contributed by atoms with Crippen LogP contribution in [0.25, 0.3) is 0 Å². The normalized spacial score (nSPS) is 16.4. The number of anilines is 2. The van der Waals surface area contributed by atoms with Gasteiger partial charge >= 0.3 is 0 Å². The minimum atomic E-state index is -0.225. The number of hydrogen-bond acceptors (Lipinski definition) is 3. The van der Waals surface area contributed by atoms with Crippen molar-refractivity contribution in [2.75, 3.05) is 36.4 Å². The molecule has 2 aromatic carbocycles. The molecule has 1 aliphatic heterocycles. The number of aryl methyl sites for hydroxylation is 2. The summed E-state index contributed by atoms with van der Waals surface area (Å²) in [6, 6.07) is 12.6. The summed E-state index contributed by atoms with van der Waals surface area (Å²) in [6.07, 6.45) is 0. The van der Waals surface area contributed by atoms with Gasteiger partial charge in [-0.2, -0.15) is 0 Å². The molecule has 2 aromatic rings. The number of para-hydroxylation sites is 2. The van der Waals surface area contributed by atoms with Gasteiger partial charge in [-0.05, 0) is 44.0 Å². The van der Waals surface area contributed by atoms with Crippen LogP contribution < -0.4 is 10.2 Å². The van der Waals surface area contributed by atoms with Gasteiger partial charge in [0.2, 0.25) is 5.91 Å².